The van der Waals surface area contributed by atoms with Crippen LogP contribution in [0.5, 0.6) is 0 Å². The Labute approximate surface area is 94.8 Å². The minimum absolute atomic E-state index is 0.105. The molecular formula is C10H17N5O. The second-order valence-electron chi connectivity index (χ2n) is 3.53. The molecule has 0 fully saturated rings. The highest BCUT2D eigenvalue weighted by atomic mass is 16.2. The predicted molar refractivity (Wildman–Crippen MR) is 64.2 cm³/mol. The van der Waals surface area contributed by atoms with E-state index in [0.29, 0.717) is 18.8 Å². The van der Waals surface area contributed by atoms with Crippen molar-refractivity contribution in [3.05, 3.63) is 18.3 Å². The van der Waals surface area contributed by atoms with E-state index in [2.05, 4.69) is 15.6 Å². The van der Waals surface area contributed by atoms with E-state index in [1.165, 1.54) is 4.90 Å². The number of carbonyl (C=O) groups is 1. The molecule has 0 bridgehead atoms. The number of nitrogens with two attached hydrogens (primary N) is 1. The Kier molecular flexibility index (Phi) is 4.38. The number of aromatic nitrogens is 1. The van der Waals surface area contributed by atoms with Crippen LogP contribution in [0.25, 0.3) is 0 Å². The highest BCUT2D eigenvalue weighted by molar-refractivity contribution is 5.73. The van der Waals surface area contributed by atoms with Crippen LogP contribution in [-0.4, -0.2) is 43.1 Å². The van der Waals surface area contributed by atoms with Crippen LogP contribution < -0.4 is 16.4 Å². The maximum Gasteiger partial charge on any atom is 0.316 e. The fourth-order valence-corrected chi connectivity index (χ4v) is 1.03. The molecule has 0 spiro atoms. The number of amides is 2. The summed E-state index contributed by atoms with van der Waals surface area (Å²) in [5.41, 5.74) is 6.13. The maximum absolute atomic E-state index is 11.2. The van der Waals surface area contributed by atoms with Crippen LogP contribution >= 0.6 is 0 Å². The van der Waals surface area contributed by atoms with Gasteiger partial charge in [0, 0.05) is 27.2 Å². The molecular weight excluding hydrogens is 206 g/mol. The molecule has 0 saturated carbocycles. The molecule has 2 amide bonds. The van der Waals surface area contributed by atoms with Crippen LogP contribution in [0.2, 0.25) is 0 Å². The summed E-state index contributed by atoms with van der Waals surface area (Å²) in [7, 11) is 3.40. The lowest BCUT2D eigenvalue weighted by atomic mass is 10.4. The molecule has 88 valence electrons. The van der Waals surface area contributed by atoms with E-state index >= 15 is 0 Å². The monoisotopic (exact) mass is 223 g/mol. The third kappa shape index (κ3) is 4.04. The van der Waals surface area contributed by atoms with Gasteiger partial charge in [0.15, 0.2) is 0 Å². The van der Waals surface area contributed by atoms with E-state index in [4.69, 9.17) is 5.73 Å². The highest BCUT2D eigenvalue weighted by Crippen LogP contribution is 2.04. The number of hydrogen-bond acceptors (Lipinski definition) is 4. The van der Waals surface area contributed by atoms with Gasteiger partial charge in [0.2, 0.25) is 0 Å². The first-order valence-corrected chi connectivity index (χ1v) is 5.00. The topological polar surface area (TPSA) is 83.3 Å². The van der Waals surface area contributed by atoms with Gasteiger partial charge in [-0.3, -0.25) is 0 Å². The van der Waals surface area contributed by atoms with E-state index in [1.807, 2.05) is 0 Å². The zero-order valence-corrected chi connectivity index (χ0v) is 9.53. The normalized spacial score (nSPS) is 9.62. The Morgan fingerprint density at radius 1 is 1.44 bits per heavy atom. The third-order valence-corrected chi connectivity index (χ3v) is 1.90. The average molecular weight is 223 g/mol. The number of pyridine rings is 1. The van der Waals surface area contributed by atoms with Crippen LogP contribution in [-0.2, 0) is 0 Å². The number of carbonyl (C=O) groups excluding carboxylic acids is 1. The summed E-state index contributed by atoms with van der Waals surface area (Å²) in [5.74, 6) is 0.744. The van der Waals surface area contributed by atoms with Gasteiger partial charge in [0.25, 0.3) is 0 Å². The Morgan fingerprint density at radius 2 is 2.19 bits per heavy atom. The Balaban J connectivity index is 2.21. The number of nitrogens with zero attached hydrogens (tertiary/aromatic N) is 2. The van der Waals surface area contributed by atoms with Crippen molar-refractivity contribution in [3.8, 4) is 0 Å². The summed E-state index contributed by atoms with van der Waals surface area (Å²) in [4.78, 5) is 16.7. The molecule has 0 saturated heterocycles. The van der Waals surface area contributed by atoms with Crippen LogP contribution in [0, 0.1) is 0 Å². The van der Waals surface area contributed by atoms with Crippen molar-refractivity contribution >= 4 is 17.5 Å². The third-order valence-electron chi connectivity index (χ3n) is 1.90. The van der Waals surface area contributed by atoms with Gasteiger partial charge < -0.3 is 21.3 Å². The number of nitrogens with one attached hydrogen (secondary N) is 2. The van der Waals surface area contributed by atoms with Crippen molar-refractivity contribution in [2.45, 2.75) is 0 Å². The van der Waals surface area contributed by atoms with Gasteiger partial charge in [-0.25, -0.2) is 9.78 Å². The quantitative estimate of drug-likeness (QED) is 0.643. The summed E-state index contributed by atoms with van der Waals surface area (Å²) in [6, 6.07) is 3.46. The van der Waals surface area contributed by atoms with E-state index in [0.717, 1.165) is 5.82 Å². The van der Waals surface area contributed by atoms with Crippen LogP contribution in [0.15, 0.2) is 18.3 Å². The zero-order chi connectivity index (χ0) is 12.0. The molecule has 0 unspecified atom stereocenters. The zero-order valence-electron chi connectivity index (χ0n) is 9.53. The average Bonchev–Trinajstić information content (AvgIpc) is 2.26. The van der Waals surface area contributed by atoms with Gasteiger partial charge >= 0.3 is 6.03 Å². The minimum atomic E-state index is -0.105. The SMILES string of the molecule is CN(C)C(=O)NCCNc1ccc(N)cn1. The molecule has 0 aromatic carbocycles. The van der Waals surface area contributed by atoms with E-state index in [9.17, 15) is 4.79 Å². The van der Waals surface area contributed by atoms with E-state index in [1.54, 1.807) is 32.4 Å². The van der Waals surface area contributed by atoms with Crippen LogP contribution in [0.3, 0.4) is 0 Å². The summed E-state index contributed by atoms with van der Waals surface area (Å²) in [6.07, 6.45) is 1.58. The van der Waals surface area contributed by atoms with Gasteiger partial charge in [0.1, 0.15) is 5.82 Å². The molecule has 0 aliphatic carbocycles. The van der Waals surface area contributed by atoms with Gasteiger partial charge in [-0.1, -0.05) is 0 Å². The second kappa shape index (κ2) is 5.79. The Hall–Kier alpha value is -1.98. The van der Waals surface area contributed by atoms with Crippen molar-refractivity contribution in [1.29, 1.82) is 0 Å². The molecule has 0 atom stereocenters. The molecule has 16 heavy (non-hydrogen) atoms. The summed E-state index contributed by atoms with van der Waals surface area (Å²) < 4.78 is 0. The number of anilines is 2. The smallest absolute Gasteiger partial charge is 0.316 e. The lowest BCUT2D eigenvalue weighted by molar-refractivity contribution is 0.218. The van der Waals surface area contributed by atoms with Crippen molar-refractivity contribution in [2.24, 2.45) is 0 Å². The van der Waals surface area contributed by atoms with Crippen LogP contribution in [0.4, 0.5) is 16.3 Å². The second-order valence-corrected chi connectivity index (χ2v) is 3.53. The van der Waals surface area contributed by atoms with Gasteiger partial charge in [-0.05, 0) is 12.1 Å². The summed E-state index contributed by atoms with van der Waals surface area (Å²) in [5, 5.41) is 5.80. The molecule has 0 radical (unpaired) electrons. The van der Waals surface area contributed by atoms with Crippen molar-refractivity contribution in [1.82, 2.24) is 15.2 Å². The molecule has 0 aliphatic heterocycles. The molecule has 1 aromatic rings. The molecule has 4 N–H and O–H groups in total. The predicted octanol–water partition coefficient (Wildman–Crippen LogP) is 0.347. The lowest BCUT2D eigenvalue weighted by Gasteiger charge is -2.12. The highest BCUT2D eigenvalue weighted by Gasteiger charge is 2.00. The number of nitrogen functional groups attached to an aromatic ring is 1. The first-order chi connectivity index (χ1) is 7.59. The first kappa shape index (κ1) is 12.1. The number of urea groups is 1. The fourth-order valence-electron chi connectivity index (χ4n) is 1.03. The minimum Gasteiger partial charge on any atom is -0.397 e. The standard InChI is InChI=1S/C10H17N5O/c1-15(2)10(16)13-6-5-12-9-4-3-8(11)7-14-9/h3-4,7H,5-6,11H2,1-2H3,(H,12,14)(H,13,16). The van der Waals surface area contributed by atoms with Gasteiger partial charge in [-0.15, -0.1) is 0 Å². The summed E-state index contributed by atoms with van der Waals surface area (Å²) in [6.45, 7) is 1.17. The fraction of sp³-hybridized carbons (Fsp3) is 0.400. The number of rotatable bonds is 4. The van der Waals surface area contributed by atoms with Crippen molar-refractivity contribution in [3.63, 3.8) is 0 Å². The van der Waals surface area contributed by atoms with Gasteiger partial charge in [0.05, 0.1) is 11.9 Å². The lowest BCUT2D eigenvalue weighted by Crippen LogP contribution is -2.37. The molecule has 1 rings (SSSR count). The van der Waals surface area contributed by atoms with Crippen LogP contribution in [0.1, 0.15) is 0 Å². The Bertz CT molecular complexity index is 336. The molecule has 0 aliphatic rings. The van der Waals surface area contributed by atoms with Crippen molar-refractivity contribution in [2.75, 3.05) is 38.2 Å². The van der Waals surface area contributed by atoms with Crippen molar-refractivity contribution < 1.29 is 4.79 Å². The maximum atomic E-state index is 11.2. The largest absolute Gasteiger partial charge is 0.397 e. The molecule has 1 heterocycles. The Morgan fingerprint density at radius 3 is 2.75 bits per heavy atom. The first-order valence-electron chi connectivity index (χ1n) is 5.00. The number of hydrogen-bond donors (Lipinski definition) is 3. The molecule has 6 heteroatoms. The molecule has 6 nitrogen and oxygen atoms in total. The van der Waals surface area contributed by atoms with E-state index in [-0.39, 0.29) is 6.03 Å². The molecule has 1 aromatic heterocycles. The van der Waals surface area contributed by atoms with Gasteiger partial charge in [-0.2, -0.15) is 0 Å². The van der Waals surface area contributed by atoms with E-state index < -0.39 is 0 Å². The summed E-state index contributed by atoms with van der Waals surface area (Å²) >= 11 is 0.